The van der Waals surface area contributed by atoms with E-state index >= 15 is 0 Å². The van der Waals surface area contributed by atoms with Crippen LogP contribution in [0.1, 0.15) is 25.5 Å². The maximum atomic E-state index is 12.4. The molecule has 2 aliphatic heterocycles. The molecular weight excluding hydrogens is 368 g/mol. The molecule has 0 bridgehead atoms. The first kappa shape index (κ1) is 20.2. The van der Waals surface area contributed by atoms with Gasteiger partial charge in [-0.3, -0.25) is 14.5 Å². The topological polar surface area (TPSA) is 87.9 Å². The number of anilines is 1. The first-order valence-electron chi connectivity index (χ1n) is 9.49. The Kier molecular flexibility index (Phi) is 7.14. The van der Waals surface area contributed by atoms with Gasteiger partial charge in [0.15, 0.2) is 5.82 Å². The molecule has 1 aromatic rings. The molecule has 0 radical (unpaired) electrons. The summed E-state index contributed by atoms with van der Waals surface area (Å²) >= 11 is 1.34. The summed E-state index contributed by atoms with van der Waals surface area (Å²) in [6.07, 6.45) is 2.65. The molecule has 0 spiro atoms. The van der Waals surface area contributed by atoms with Crippen molar-refractivity contribution in [2.75, 3.05) is 50.4 Å². The van der Waals surface area contributed by atoms with Crippen molar-refractivity contribution in [2.45, 2.75) is 38.0 Å². The lowest BCUT2D eigenvalue weighted by molar-refractivity contribution is -0.130. The van der Waals surface area contributed by atoms with Crippen molar-refractivity contribution in [3.8, 4) is 0 Å². The third-order valence-corrected chi connectivity index (χ3v) is 6.04. The molecule has 0 aromatic carbocycles. The number of hydrogen-bond acceptors (Lipinski definition) is 7. The first-order chi connectivity index (χ1) is 13.0. The molecule has 9 heteroatoms. The fraction of sp³-hybridized carbons (Fsp3) is 0.722. The predicted octanol–water partition coefficient (Wildman–Crippen LogP) is 1.37. The Morgan fingerprint density at radius 3 is 2.78 bits per heavy atom. The van der Waals surface area contributed by atoms with Gasteiger partial charge in [-0.15, -0.1) is 11.8 Å². The molecule has 1 N–H and O–H groups in total. The van der Waals surface area contributed by atoms with E-state index in [0.717, 1.165) is 52.2 Å². The Hall–Kier alpha value is -1.58. The number of nitrogens with zero attached hydrogens (tertiary/aromatic N) is 3. The van der Waals surface area contributed by atoms with Gasteiger partial charge in [-0.2, -0.15) is 0 Å². The maximum absolute atomic E-state index is 12.4. The van der Waals surface area contributed by atoms with Gasteiger partial charge in [0.25, 0.3) is 0 Å². The van der Waals surface area contributed by atoms with E-state index in [2.05, 4.69) is 15.4 Å². The quantitative estimate of drug-likeness (QED) is 0.745. The minimum Gasteiger partial charge on any atom is -0.377 e. The van der Waals surface area contributed by atoms with Crippen molar-refractivity contribution < 1.29 is 18.8 Å². The van der Waals surface area contributed by atoms with Crippen LogP contribution in [0.15, 0.2) is 10.6 Å². The summed E-state index contributed by atoms with van der Waals surface area (Å²) in [5.74, 6) is 1.26. The molecule has 0 saturated carbocycles. The Bertz CT molecular complexity index is 639. The van der Waals surface area contributed by atoms with E-state index in [0.29, 0.717) is 23.4 Å². The van der Waals surface area contributed by atoms with E-state index in [1.807, 2.05) is 4.90 Å². The number of ether oxygens (including phenoxy) is 1. The Morgan fingerprint density at radius 2 is 2.15 bits per heavy atom. The van der Waals surface area contributed by atoms with E-state index < -0.39 is 0 Å². The van der Waals surface area contributed by atoms with Crippen molar-refractivity contribution >= 4 is 29.4 Å². The van der Waals surface area contributed by atoms with Gasteiger partial charge in [-0.05, 0) is 26.7 Å². The van der Waals surface area contributed by atoms with Crippen LogP contribution in [0.5, 0.6) is 0 Å². The molecule has 1 aromatic heterocycles. The highest BCUT2D eigenvalue weighted by molar-refractivity contribution is 8.01. The monoisotopic (exact) mass is 396 g/mol. The molecule has 2 unspecified atom stereocenters. The molecule has 150 valence electrons. The van der Waals surface area contributed by atoms with Gasteiger partial charge >= 0.3 is 0 Å². The van der Waals surface area contributed by atoms with Crippen LogP contribution in [-0.4, -0.2) is 83.2 Å². The fourth-order valence-electron chi connectivity index (χ4n) is 3.27. The van der Waals surface area contributed by atoms with Crippen LogP contribution >= 0.6 is 11.8 Å². The zero-order valence-corrected chi connectivity index (χ0v) is 16.8. The van der Waals surface area contributed by atoms with Crippen LogP contribution < -0.4 is 5.32 Å². The molecule has 2 atom stereocenters. The number of carbonyl (C=O) groups is 2. The van der Waals surface area contributed by atoms with Crippen LogP contribution in [0.25, 0.3) is 0 Å². The van der Waals surface area contributed by atoms with Gasteiger partial charge in [-0.1, -0.05) is 5.16 Å². The second-order valence-corrected chi connectivity index (χ2v) is 8.41. The summed E-state index contributed by atoms with van der Waals surface area (Å²) in [4.78, 5) is 28.9. The number of carbonyl (C=O) groups excluding carboxylic acids is 2. The van der Waals surface area contributed by atoms with Crippen LogP contribution in [0.4, 0.5) is 5.82 Å². The Labute approximate surface area is 163 Å². The lowest BCUT2D eigenvalue weighted by Gasteiger charge is -2.35. The Balaban J connectivity index is 1.34. The largest absolute Gasteiger partial charge is 0.377 e. The zero-order chi connectivity index (χ0) is 19.2. The number of rotatable bonds is 7. The second kappa shape index (κ2) is 9.57. The van der Waals surface area contributed by atoms with Crippen LogP contribution in [-0.2, 0) is 14.3 Å². The minimum absolute atomic E-state index is 0.0914. The van der Waals surface area contributed by atoms with Crippen molar-refractivity contribution in [1.82, 2.24) is 15.0 Å². The lowest BCUT2D eigenvalue weighted by atomic mass is 10.2. The number of piperazine rings is 1. The molecule has 2 amide bonds. The first-order valence-corrected chi connectivity index (χ1v) is 10.5. The van der Waals surface area contributed by atoms with Gasteiger partial charge in [0.05, 0.1) is 17.1 Å². The van der Waals surface area contributed by atoms with Crippen molar-refractivity contribution in [1.29, 1.82) is 0 Å². The molecule has 2 aliphatic rings. The standard InChI is InChI=1S/C18H28N4O4S/c1-13-10-16(20-26-13)19-18(24)14(2)27-12-17(23)22-7-5-21(6-8-22)11-15-4-3-9-25-15/h10,14-15H,3-9,11-12H2,1-2H3,(H,19,20,24). The normalized spacial score (nSPS) is 22.0. The van der Waals surface area contributed by atoms with Crippen LogP contribution in [0.3, 0.4) is 0 Å². The van der Waals surface area contributed by atoms with E-state index in [1.54, 1.807) is 19.9 Å². The number of aryl methyl sites for hydroxylation is 1. The number of hydrogen-bond donors (Lipinski definition) is 1. The fourth-order valence-corrected chi connectivity index (χ4v) is 4.06. The molecule has 3 rings (SSSR count). The van der Waals surface area contributed by atoms with Crippen molar-refractivity contribution in [3.05, 3.63) is 11.8 Å². The van der Waals surface area contributed by atoms with Gasteiger partial charge in [-0.25, -0.2) is 0 Å². The third kappa shape index (κ3) is 5.95. The van der Waals surface area contributed by atoms with Gasteiger partial charge < -0.3 is 19.5 Å². The van der Waals surface area contributed by atoms with Gasteiger partial charge in [0.1, 0.15) is 5.76 Å². The van der Waals surface area contributed by atoms with Crippen molar-refractivity contribution in [3.63, 3.8) is 0 Å². The molecule has 8 nitrogen and oxygen atoms in total. The van der Waals surface area contributed by atoms with Gasteiger partial charge in [0.2, 0.25) is 11.8 Å². The average molecular weight is 397 g/mol. The summed E-state index contributed by atoms with van der Waals surface area (Å²) in [5, 5.41) is 6.10. The Morgan fingerprint density at radius 1 is 1.37 bits per heavy atom. The SMILES string of the molecule is Cc1cc(NC(=O)C(C)SCC(=O)N2CCN(CC3CCCO3)CC2)no1. The third-order valence-electron chi connectivity index (χ3n) is 4.92. The number of nitrogens with one attached hydrogen (secondary N) is 1. The molecule has 27 heavy (non-hydrogen) atoms. The summed E-state index contributed by atoms with van der Waals surface area (Å²) in [6, 6.07) is 1.66. The van der Waals surface area contributed by atoms with Crippen LogP contribution in [0.2, 0.25) is 0 Å². The summed E-state index contributed by atoms with van der Waals surface area (Å²) < 4.78 is 10.6. The highest BCUT2D eigenvalue weighted by atomic mass is 32.2. The molecular formula is C18H28N4O4S. The summed E-state index contributed by atoms with van der Waals surface area (Å²) in [5.41, 5.74) is 0. The average Bonchev–Trinajstić information content (AvgIpc) is 3.31. The predicted molar refractivity (Wildman–Crippen MR) is 104 cm³/mol. The highest BCUT2D eigenvalue weighted by Crippen LogP contribution is 2.17. The highest BCUT2D eigenvalue weighted by Gasteiger charge is 2.25. The minimum atomic E-state index is -0.341. The second-order valence-electron chi connectivity index (χ2n) is 7.08. The van der Waals surface area contributed by atoms with E-state index in [4.69, 9.17) is 9.26 Å². The van der Waals surface area contributed by atoms with Crippen LogP contribution in [0, 0.1) is 6.92 Å². The smallest absolute Gasteiger partial charge is 0.238 e. The van der Waals surface area contributed by atoms with Crippen molar-refractivity contribution in [2.24, 2.45) is 0 Å². The van der Waals surface area contributed by atoms with E-state index in [1.165, 1.54) is 11.8 Å². The number of aromatic nitrogens is 1. The zero-order valence-electron chi connectivity index (χ0n) is 16.0. The van der Waals surface area contributed by atoms with E-state index in [9.17, 15) is 9.59 Å². The number of amides is 2. The lowest BCUT2D eigenvalue weighted by Crippen LogP contribution is -2.50. The van der Waals surface area contributed by atoms with Gasteiger partial charge in [0, 0.05) is 45.4 Å². The molecule has 2 fully saturated rings. The number of thioether (sulfide) groups is 1. The molecule has 2 saturated heterocycles. The summed E-state index contributed by atoms with van der Waals surface area (Å²) in [6.45, 7) is 8.66. The molecule has 0 aliphatic carbocycles. The van der Waals surface area contributed by atoms with E-state index in [-0.39, 0.29) is 17.1 Å². The molecule has 3 heterocycles. The maximum Gasteiger partial charge on any atom is 0.238 e. The summed E-state index contributed by atoms with van der Waals surface area (Å²) in [7, 11) is 0.